The molecule has 1 aliphatic carbocycles. The molecule has 0 aromatic carbocycles. The standard InChI is InChI=1S/C14H30N2S/c1-15(2)10-7-11-16(3)12-14(13-17)8-5-4-6-9-14/h17H,4-13H2,1-3H3. The zero-order chi connectivity index (χ0) is 12.7. The molecule has 0 atom stereocenters. The van der Waals surface area contributed by atoms with Gasteiger partial charge in [0, 0.05) is 6.54 Å². The summed E-state index contributed by atoms with van der Waals surface area (Å²) in [6.07, 6.45) is 8.28. The number of hydrogen-bond donors (Lipinski definition) is 1. The van der Waals surface area contributed by atoms with Gasteiger partial charge < -0.3 is 9.80 Å². The summed E-state index contributed by atoms with van der Waals surface area (Å²) >= 11 is 4.61. The minimum atomic E-state index is 0.508. The van der Waals surface area contributed by atoms with Crippen LogP contribution in [0, 0.1) is 5.41 Å². The molecule has 1 rings (SSSR count). The quantitative estimate of drug-likeness (QED) is 0.702. The van der Waals surface area contributed by atoms with E-state index in [-0.39, 0.29) is 0 Å². The van der Waals surface area contributed by atoms with E-state index >= 15 is 0 Å². The molecule has 0 heterocycles. The largest absolute Gasteiger partial charge is 0.309 e. The van der Waals surface area contributed by atoms with Gasteiger partial charge in [0.15, 0.2) is 0 Å². The molecule has 17 heavy (non-hydrogen) atoms. The van der Waals surface area contributed by atoms with Gasteiger partial charge in [-0.1, -0.05) is 19.3 Å². The van der Waals surface area contributed by atoms with Gasteiger partial charge in [-0.2, -0.15) is 12.6 Å². The molecule has 1 saturated carbocycles. The second-order valence-electron chi connectivity index (χ2n) is 6.11. The molecule has 1 aliphatic rings. The molecule has 0 bridgehead atoms. The van der Waals surface area contributed by atoms with Gasteiger partial charge in [-0.05, 0) is 64.7 Å². The monoisotopic (exact) mass is 258 g/mol. The van der Waals surface area contributed by atoms with Gasteiger partial charge in [-0.3, -0.25) is 0 Å². The van der Waals surface area contributed by atoms with Crippen molar-refractivity contribution in [2.24, 2.45) is 5.41 Å². The lowest BCUT2D eigenvalue weighted by molar-refractivity contribution is 0.142. The summed E-state index contributed by atoms with van der Waals surface area (Å²) in [5.74, 6) is 1.06. The number of thiol groups is 1. The van der Waals surface area contributed by atoms with E-state index in [9.17, 15) is 0 Å². The first-order valence-corrected chi connectivity index (χ1v) is 7.65. The smallest absolute Gasteiger partial charge is 0.00427 e. The van der Waals surface area contributed by atoms with Crippen molar-refractivity contribution >= 4 is 12.6 Å². The van der Waals surface area contributed by atoms with Crippen LogP contribution < -0.4 is 0 Å². The average molecular weight is 258 g/mol. The van der Waals surface area contributed by atoms with E-state index in [1.807, 2.05) is 0 Å². The van der Waals surface area contributed by atoms with Crippen LogP contribution in [0.1, 0.15) is 38.5 Å². The maximum Gasteiger partial charge on any atom is 0.00427 e. The van der Waals surface area contributed by atoms with Crippen LogP contribution in [0.25, 0.3) is 0 Å². The predicted octanol–water partition coefficient (Wildman–Crippen LogP) is 2.75. The van der Waals surface area contributed by atoms with Crippen molar-refractivity contribution in [1.29, 1.82) is 0 Å². The fourth-order valence-corrected chi connectivity index (χ4v) is 3.39. The topological polar surface area (TPSA) is 6.48 Å². The SMILES string of the molecule is CN(C)CCCN(C)CC1(CS)CCCCC1. The van der Waals surface area contributed by atoms with Crippen LogP contribution >= 0.6 is 12.6 Å². The molecule has 0 spiro atoms. The van der Waals surface area contributed by atoms with E-state index in [4.69, 9.17) is 0 Å². The van der Waals surface area contributed by atoms with Gasteiger partial charge in [-0.25, -0.2) is 0 Å². The molecule has 3 heteroatoms. The molecule has 0 unspecified atom stereocenters. The second-order valence-corrected chi connectivity index (χ2v) is 6.43. The van der Waals surface area contributed by atoms with Crippen molar-refractivity contribution in [2.75, 3.05) is 46.5 Å². The van der Waals surface area contributed by atoms with Crippen LogP contribution in [0.3, 0.4) is 0 Å². The third-order valence-electron chi connectivity index (χ3n) is 4.00. The summed E-state index contributed by atoms with van der Waals surface area (Å²) < 4.78 is 0. The van der Waals surface area contributed by atoms with Crippen molar-refractivity contribution in [3.63, 3.8) is 0 Å². The van der Waals surface area contributed by atoms with Crippen LogP contribution in [-0.2, 0) is 0 Å². The highest BCUT2D eigenvalue weighted by Crippen LogP contribution is 2.37. The molecule has 0 aliphatic heterocycles. The van der Waals surface area contributed by atoms with E-state index in [0.29, 0.717) is 5.41 Å². The Balaban J connectivity index is 2.29. The lowest BCUT2D eigenvalue weighted by Crippen LogP contribution is -2.39. The van der Waals surface area contributed by atoms with E-state index in [0.717, 1.165) is 5.75 Å². The Morgan fingerprint density at radius 2 is 1.65 bits per heavy atom. The zero-order valence-electron chi connectivity index (χ0n) is 11.9. The lowest BCUT2D eigenvalue weighted by atomic mass is 9.75. The summed E-state index contributed by atoms with van der Waals surface area (Å²) in [5, 5.41) is 0. The normalized spacial score (nSPS) is 20.1. The fraction of sp³-hybridized carbons (Fsp3) is 1.00. The van der Waals surface area contributed by atoms with Crippen LogP contribution in [0.5, 0.6) is 0 Å². The second kappa shape index (κ2) is 7.65. The summed E-state index contributed by atoms with van der Waals surface area (Å²) in [6, 6.07) is 0. The van der Waals surface area contributed by atoms with Crippen molar-refractivity contribution in [3.8, 4) is 0 Å². The van der Waals surface area contributed by atoms with Gasteiger partial charge >= 0.3 is 0 Å². The molecular weight excluding hydrogens is 228 g/mol. The Morgan fingerprint density at radius 1 is 1.00 bits per heavy atom. The minimum absolute atomic E-state index is 0.508. The first-order valence-electron chi connectivity index (χ1n) is 7.02. The third kappa shape index (κ3) is 5.62. The van der Waals surface area contributed by atoms with Crippen molar-refractivity contribution in [1.82, 2.24) is 9.80 Å². The third-order valence-corrected chi connectivity index (χ3v) is 4.67. The van der Waals surface area contributed by atoms with Crippen molar-refractivity contribution < 1.29 is 0 Å². The lowest BCUT2D eigenvalue weighted by Gasteiger charge is -2.39. The Hall–Kier alpha value is 0.270. The Kier molecular flexibility index (Phi) is 6.90. The summed E-state index contributed by atoms with van der Waals surface area (Å²) in [4.78, 5) is 4.79. The molecule has 0 N–H and O–H groups in total. The molecule has 1 fully saturated rings. The highest BCUT2D eigenvalue weighted by Gasteiger charge is 2.31. The Labute approximate surface area is 113 Å². The maximum atomic E-state index is 4.61. The van der Waals surface area contributed by atoms with E-state index in [1.54, 1.807) is 0 Å². The minimum Gasteiger partial charge on any atom is -0.309 e. The summed E-state index contributed by atoms with van der Waals surface area (Å²) in [5.41, 5.74) is 0.508. The molecule has 0 radical (unpaired) electrons. The van der Waals surface area contributed by atoms with E-state index in [1.165, 1.54) is 58.2 Å². The highest BCUT2D eigenvalue weighted by atomic mass is 32.1. The molecule has 0 aromatic rings. The Morgan fingerprint density at radius 3 is 2.18 bits per heavy atom. The first-order chi connectivity index (χ1) is 8.08. The first kappa shape index (κ1) is 15.3. The fourth-order valence-electron chi connectivity index (χ4n) is 2.98. The van der Waals surface area contributed by atoms with Gasteiger partial charge in [-0.15, -0.1) is 0 Å². The Bertz CT molecular complexity index is 200. The maximum absolute atomic E-state index is 4.61. The van der Waals surface area contributed by atoms with Crippen LogP contribution in [0.15, 0.2) is 0 Å². The van der Waals surface area contributed by atoms with Crippen molar-refractivity contribution in [2.45, 2.75) is 38.5 Å². The number of nitrogens with zero attached hydrogens (tertiary/aromatic N) is 2. The van der Waals surface area contributed by atoms with Crippen molar-refractivity contribution in [3.05, 3.63) is 0 Å². The van der Waals surface area contributed by atoms with E-state index in [2.05, 4.69) is 43.6 Å². The molecule has 0 saturated heterocycles. The van der Waals surface area contributed by atoms with Gasteiger partial charge in [0.1, 0.15) is 0 Å². The predicted molar refractivity (Wildman–Crippen MR) is 80.0 cm³/mol. The van der Waals surface area contributed by atoms with Gasteiger partial charge in [0.2, 0.25) is 0 Å². The van der Waals surface area contributed by atoms with Gasteiger partial charge in [0.25, 0.3) is 0 Å². The van der Waals surface area contributed by atoms with Crippen LogP contribution in [0.4, 0.5) is 0 Å². The summed E-state index contributed by atoms with van der Waals surface area (Å²) in [7, 11) is 6.57. The number of hydrogen-bond acceptors (Lipinski definition) is 3. The van der Waals surface area contributed by atoms with Gasteiger partial charge in [0.05, 0.1) is 0 Å². The average Bonchev–Trinajstić information content (AvgIpc) is 2.29. The zero-order valence-corrected chi connectivity index (χ0v) is 12.8. The summed E-state index contributed by atoms with van der Waals surface area (Å²) in [6.45, 7) is 3.65. The number of rotatable bonds is 7. The van der Waals surface area contributed by atoms with Crippen LogP contribution in [0.2, 0.25) is 0 Å². The van der Waals surface area contributed by atoms with E-state index < -0.39 is 0 Å². The van der Waals surface area contributed by atoms with Crippen LogP contribution in [-0.4, -0.2) is 56.3 Å². The molecule has 2 nitrogen and oxygen atoms in total. The molecule has 0 amide bonds. The molecular formula is C14H30N2S. The highest BCUT2D eigenvalue weighted by molar-refractivity contribution is 7.80. The molecule has 0 aromatic heterocycles. The molecule has 102 valence electrons.